The van der Waals surface area contributed by atoms with E-state index in [0.717, 1.165) is 6.42 Å². The molecule has 0 aromatic rings. The molecule has 1 nitrogen and oxygen atoms in total. The summed E-state index contributed by atoms with van der Waals surface area (Å²) in [5, 5.41) is 0. The molecule has 0 aliphatic heterocycles. The molecule has 1 spiro atoms. The van der Waals surface area contributed by atoms with Gasteiger partial charge in [0.15, 0.2) is 5.78 Å². The molecule has 0 amide bonds. The normalized spacial score (nSPS) is 35.3. The zero-order chi connectivity index (χ0) is 11.1. The molecule has 0 N–H and O–H groups in total. The summed E-state index contributed by atoms with van der Waals surface area (Å²) in [6.45, 7) is 6.64. The molecule has 1 heteroatoms. The topological polar surface area (TPSA) is 17.1 Å². The lowest BCUT2D eigenvalue weighted by atomic mass is 9.69. The van der Waals surface area contributed by atoms with Crippen molar-refractivity contribution in [3.8, 4) is 0 Å². The largest absolute Gasteiger partial charge is 0.295 e. The highest BCUT2D eigenvalue weighted by atomic mass is 16.1. The Morgan fingerprint density at radius 3 is 2.73 bits per heavy atom. The van der Waals surface area contributed by atoms with Crippen LogP contribution >= 0.6 is 0 Å². The van der Waals surface area contributed by atoms with Gasteiger partial charge in [0.1, 0.15) is 0 Å². The summed E-state index contributed by atoms with van der Waals surface area (Å²) in [6, 6.07) is 0. The molecule has 2 atom stereocenters. The van der Waals surface area contributed by atoms with Crippen molar-refractivity contribution in [1.29, 1.82) is 0 Å². The molecular weight excluding hydrogens is 184 g/mol. The van der Waals surface area contributed by atoms with Crippen molar-refractivity contribution in [3.05, 3.63) is 23.3 Å². The molecule has 2 aliphatic carbocycles. The van der Waals surface area contributed by atoms with Crippen LogP contribution in [0.1, 0.15) is 46.5 Å². The number of allylic oxidation sites excluding steroid dienone is 4. The molecule has 82 valence electrons. The molecule has 2 aliphatic rings. The SMILES string of the molecule is CC(C)=C1CC[C@@]2(C=CC(=O)C[C@H]2C)C1. The molecule has 1 saturated carbocycles. The quantitative estimate of drug-likeness (QED) is 0.550. The highest BCUT2D eigenvalue weighted by molar-refractivity contribution is 5.91. The Labute approximate surface area is 92.3 Å². The molecule has 0 aromatic carbocycles. The lowest BCUT2D eigenvalue weighted by molar-refractivity contribution is -0.116. The van der Waals surface area contributed by atoms with E-state index in [9.17, 15) is 4.79 Å². The molecule has 0 heterocycles. The van der Waals surface area contributed by atoms with Crippen LogP contribution in [0.3, 0.4) is 0 Å². The fraction of sp³-hybridized carbons (Fsp3) is 0.643. The van der Waals surface area contributed by atoms with E-state index in [0.29, 0.717) is 17.1 Å². The summed E-state index contributed by atoms with van der Waals surface area (Å²) >= 11 is 0. The minimum absolute atomic E-state index is 0.304. The average Bonchev–Trinajstić information content (AvgIpc) is 2.58. The van der Waals surface area contributed by atoms with Gasteiger partial charge in [-0.1, -0.05) is 24.1 Å². The maximum Gasteiger partial charge on any atom is 0.155 e. The second-order valence-electron chi connectivity index (χ2n) is 5.42. The van der Waals surface area contributed by atoms with E-state index in [2.05, 4.69) is 26.8 Å². The molecule has 2 rings (SSSR count). The Morgan fingerprint density at radius 2 is 2.20 bits per heavy atom. The van der Waals surface area contributed by atoms with Crippen LogP contribution < -0.4 is 0 Å². The zero-order valence-corrected chi connectivity index (χ0v) is 9.97. The fourth-order valence-corrected chi connectivity index (χ4v) is 2.94. The molecule has 0 bridgehead atoms. The van der Waals surface area contributed by atoms with Gasteiger partial charge in [0.2, 0.25) is 0 Å². The first kappa shape index (κ1) is 10.7. The summed E-state index contributed by atoms with van der Waals surface area (Å²) in [5.74, 6) is 0.825. The van der Waals surface area contributed by atoms with Crippen LogP contribution in [-0.2, 0) is 4.79 Å². The Balaban J connectivity index is 2.27. The van der Waals surface area contributed by atoms with Gasteiger partial charge < -0.3 is 0 Å². The van der Waals surface area contributed by atoms with Gasteiger partial charge in [0.25, 0.3) is 0 Å². The van der Waals surface area contributed by atoms with Crippen molar-refractivity contribution in [2.75, 3.05) is 0 Å². The van der Waals surface area contributed by atoms with Crippen molar-refractivity contribution in [2.24, 2.45) is 11.3 Å². The van der Waals surface area contributed by atoms with Crippen molar-refractivity contribution >= 4 is 5.78 Å². The van der Waals surface area contributed by atoms with E-state index in [1.165, 1.54) is 24.8 Å². The minimum Gasteiger partial charge on any atom is -0.295 e. The summed E-state index contributed by atoms with van der Waals surface area (Å²) in [6.07, 6.45) is 8.39. The number of hydrogen-bond donors (Lipinski definition) is 0. The molecule has 1 fully saturated rings. The third-order valence-electron chi connectivity index (χ3n) is 4.23. The van der Waals surface area contributed by atoms with Gasteiger partial charge in [0, 0.05) is 6.42 Å². The highest BCUT2D eigenvalue weighted by Crippen LogP contribution is 2.51. The third kappa shape index (κ3) is 1.80. The first-order valence-corrected chi connectivity index (χ1v) is 5.91. The number of carbonyl (C=O) groups is 1. The highest BCUT2D eigenvalue weighted by Gasteiger charge is 2.41. The van der Waals surface area contributed by atoms with Crippen molar-refractivity contribution in [3.63, 3.8) is 0 Å². The van der Waals surface area contributed by atoms with Crippen LogP contribution in [0.4, 0.5) is 0 Å². The van der Waals surface area contributed by atoms with Crippen molar-refractivity contribution in [2.45, 2.75) is 46.5 Å². The van der Waals surface area contributed by atoms with E-state index >= 15 is 0 Å². The zero-order valence-electron chi connectivity index (χ0n) is 9.97. The van der Waals surface area contributed by atoms with Crippen LogP contribution in [0.15, 0.2) is 23.3 Å². The number of ketones is 1. The van der Waals surface area contributed by atoms with Gasteiger partial charge in [-0.2, -0.15) is 0 Å². The maximum atomic E-state index is 11.3. The van der Waals surface area contributed by atoms with Gasteiger partial charge in [0.05, 0.1) is 0 Å². The second kappa shape index (κ2) is 3.62. The van der Waals surface area contributed by atoms with Gasteiger partial charge in [-0.25, -0.2) is 0 Å². The van der Waals surface area contributed by atoms with E-state index < -0.39 is 0 Å². The lowest BCUT2D eigenvalue weighted by Crippen LogP contribution is -2.28. The molecule has 0 saturated heterocycles. The first-order chi connectivity index (χ1) is 7.03. The van der Waals surface area contributed by atoms with E-state index in [1.807, 2.05) is 6.08 Å². The third-order valence-corrected chi connectivity index (χ3v) is 4.23. The summed E-state index contributed by atoms with van der Waals surface area (Å²) in [5.41, 5.74) is 3.39. The summed E-state index contributed by atoms with van der Waals surface area (Å²) < 4.78 is 0. The van der Waals surface area contributed by atoms with Gasteiger partial charge in [-0.15, -0.1) is 0 Å². The van der Waals surface area contributed by atoms with E-state index in [-0.39, 0.29) is 0 Å². The monoisotopic (exact) mass is 204 g/mol. The Morgan fingerprint density at radius 1 is 1.47 bits per heavy atom. The van der Waals surface area contributed by atoms with Crippen molar-refractivity contribution in [1.82, 2.24) is 0 Å². The standard InChI is InChI=1S/C14H20O/c1-10(2)12-4-6-14(9-12)7-5-13(15)8-11(14)3/h5,7,11H,4,6,8-9H2,1-3H3/t11-,14-/m1/s1. The van der Waals surface area contributed by atoms with Crippen LogP contribution in [0.5, 0.6) is 0 Å². The summed E-state index contributed by atoms with van der Waals surface area (Å²) in [7, 11) is 0. The maximum absolute atomic E-state index is 11.3. The molecule has 0 unspecified atom stereocenters. The number of carbonyl (C=O) groups excluding carboxylic acids is 1. The van der Waals surface area contributed by atoms with Crippen LogP contribution in [0.25, 0.3) is 0 Å². The van der Waals surface area contributed by atoms with Gasteiger partial charge in [-0.05, 0) is 50.5 Å². The molecule has 15 heavy (non-hydrogen) atoms. The Hall–Kier alpha value is -0.850. The van der Waals surface area contributed by atoms with E-state index in [4.69, 9.17) is 0 Å². The number of hydrogen-bond acceptors (Lipinski definition) is 1. The minimum atomic E-state index is 0.304. The fourth-order valence-electron chi connectivity index (χ4n) is 2.94. The first-order valence-electron chi connectivity index (χ1n) is 5.91. The van der Waals surface area contributed by atoms with Crippen LogP contribution in [0.2, 0.25) is 0 Å². The predicted molar refractivity (Wildman–Crippen MR) is 62.6 cm³/mol. The molecule has 0 radical (unpaired) electrons. The summed E-state index contributed by atoms with van der Waals surface area (Å²) in [4.78, 5) is 11.3. The lowest BCUT2D eigenvalue weighted by Gasteiger charge is -2.34. The Bertz CT molecular complexity index is 344. The predicted octanol–water partition coefficient (Wildman–Crippen LogP) is 3.66. The van der Waals surface area contributed by atoms with Gasteiger partial charge in [-0.3, -0.25) is 4.79 Å². The molecule has 0 aromatic heterocycles. The average molecular weight is 204 g/mol. The van der Waals surface area contributed by atoms with Crippen LogP contribution in [-0.4, -0.2) is 5.78 Å². The molecular formula is C14H20O. The Kier molecular flexibility index (Phi) is 2.57. The number of rotatable bonds is 0. The van der Waals surface area contributed by atoms with Crippen molar-refractivity contribution < 1.29 is 4.79 Å². The van der Waals surface area contributed by atoms with Gasteiger partial charge >= 0.3 is 0 Å². The van der Waals surface area contributed by atoms with E-state index in [1.54, 1.807) is 5.57 Å². The second-order valence-corrected chi connectivity index (χ2v) is 5.42. The van der Waals surface area contributed by atoms with Crippen LogP contribution in [0, 0.1) is 11.3 Å². The smallest absolute Gasteiger partial charge is 0.155 e.